The van der Waals surface area contributed by atoms with Crippen molar-refractivity contribution in [1.82, 2.24) is 9.80 Å². The summed E-state index contributed by atoms with van der Waals surface area (Å²) in [5.41, 5.74) is 2.00. The third-order valence-electron chi connectivity index (χ3n) is 4.26. The molecule has 21 heavy (non-hydrogen) atoms. The van der Waals surface area contributed by atoms with Gasteiger partial charge in [0, 0.05) is 31.4 Å². The average molecular weight is 289 g/mol. The molecule has 0 bridgehead atoms. The van der Waals surface area contributed by atoms with E-state index in [9.17, 15) is 9.59 Å². The number of amides is 2. The summed E-state index contributed by atoms with van der Waals surface area (Å²) in [5.74, 6) is 0.000569. The maximum Gasteiger partial charge on any atom is 0.407 e. The lowest BCUT2D eigenvalue weighted by molar-refractivity contribution is -0.118. The maximum atomic E-state index is 12.0. The summed E-state index contributed by atoms with van der Waals surface area (Å²) in [6, 6.07) is 8.10. The molecular weight excluding hydrogens is 270 g/mol. The van der Waals surface area contributed by atoms with E-state index < -0.39 is 6.09 Å². The van der Waals surface area contributed by atoms with Crippen molar-refractivity contribution in [2.45, 2.75) is 25.4 Å². The summed E-state index contributed by atoms with van der Waals surface area (Å²) < 4.78 is 0. The Kier molecular flexibility index (Phi) is 3.79. The number of hydrogen-bond donors (Lipinski definition) is 2. The normalized spacial score (nSPS) is 20.6. The van der Waals surface area contributed by atoms with Crippen molar-refractivity contribution in [2.75, 3.05) is 25.0 Å². The number of anilines is 1. The lowest BCUT2D eigenvalue weighted by Gasteiger charge is -2.36. The highest BCUT2D eigenvalue weighted by Crippen LogP contribution is 2.25. The number of nitrogens with zero attached hydrogens (tertiary/aromatic N) is 2. The SMILES string of the molecule is O=C1CN(C2CCN(C(=O)O)CC2)Cc2ccccc2N1. The smallest absolute Gasteiger partial charge is 0.407 e. The number of para-hydroxylation sites is 1. The minimum absolute atomic E-state index is 0.000569. The zero-order chi connectivity index (χ0) is 14.8. The van der Waals surface area contributed by atoms with Crippen LogP contribution in [0.3, 0.4) is 0 Å². The van der Waals surface area contributed by atoms with E-state index in [-0.39, 0.29) is 11.9 Å². The molecule has 0 aliphatic carbocycles. The van der Waals surface area contributed by atoms with Crippen LogP contribution in [-0.4, -0.2) is 52.6 Å². The van der Waals surface area contributed by atoms with Gasteiger partial charge in [0.25, 0.3) is 0 Å². The Morgan fingerprint density at radius 2 is 1.90 bits per heavy atom. The van der Waals surface area contributed by atoms with Gasteiger partial charge in [0.05, 0.1) is 6.54 Å². The van der Waals surface area contributed by atoms with Crippen LogP contribution < -0.4 is 5.32 Å². The van der Waals surface area contributed by atoms with Gasteiger partial charge in [-0.2, -0.15) is 0 Å². The topological polar surface area (TPSA) is 72.9 Å². The summed E-state index contributed by atoms with van der Waals surface area (Å²) >= 11 is 0. The Balaban J connectivity index is 1.72. The molecule has 112 valence electrons. The molecule has 0 spiro atoms. The number of nitrogens with one attached hydrogen (secondary N) is 1. The van der Waals surface area contributed by atoms with Crippen LogP contribution >= 0.6 is 0 Å². The molecule has 1 fully saturated rings. The van der Waals surface area contributed by atoms with Crippen LogP contribution in [0.5, 0.6) is 0 Å². The largest absolute Gasteiger partial charge is 0.465 e. The fourth-order valence-corrected chi connectivity index (χ4v) is 3.11. The second kappa shape index (κ2) is 5.73. The van der Waals surface area contributed by atoms with Gasteiger partial charge in [0.1, 0.15) is 0 Å². The molecule has 1 saturated heterocycles. The van der Waals surface area contributed by atoms with Gasteiger partial charge in [-0.15, -0.1) is 0 Å². The Bertz CT molecular complexity index is 553. The minimum Gasteiger partial charge on any atom is -0.465 e. The molecule has 2 aliphatic heterocycles. The number of carbonyl (C=O) groups excluding carboxylic acids is 1. The van der Waals surface area contributed by atoms with Gasteiger partial charge < -0.3 is 15.3 Å². The summed E-state index contributed by atoms with van der Waals surface area (Å²) in [6.45, 7) is 2.18. The van der Waals surface area contributed by atoms with E-state index in [2.05, 4.69) is 10.2 Å². The van der Waals surface area contributed by atoms with Crippen LogP contribution in [0, 0.1) is 0 Å². The fourth-order valence-electron chi connectivity index (χ4n) is 3.11. The van der Waals surface area contributed by atoms with Crippen LogP contribution in [0.1, 0.15) is 18.4 Å². The molecule has 2 N–H and O–H groups in total. The molecule has 1 aromatic rings. The first-order valence-corrected chi connectivity index (χ1v) is 7.23. The number of fused-ring (bicyclic) bond motifs is 1. The average Bonchev–Trinajstić information content (AvgIpc) is 2.65. The number of rotatable bonds is 1. The molecule has 0 radical (unpaired) electrons. The monoisotopic (exact) mass is 289 g/mol. The van der Waals surface area contributed by atoms with Crippen LogP contribution in [-0.2, 0) is 11.3 Å². The first-order valence-electron chi connectivity index (χ1n) is 7.23. The van der Waals surface area contributed by atoms with E-state index in [0.717, 1.165) is 30.6 Å². The second-order valence-electron chi connectivity index (χ2n) is 5.61. The second-order valence-corrected chi connectivity index (χ2v) is 5.61. The zero-order valence-corrected chi connectivity index (χ0v) is 11.8. The number of hydrogen-bond acceptors (Lipinski definition) is 3. The fraction of sp³-hybridized carbons (Fsp3) is 0.467. The minimum atomic E-state index is -0.854. The van der Waals surface area contributed by atoms with Gasteiger partial charge in [-0.05, 0) is 24.5 Å². The predicted octanol–water partition coefficient (Wildman–Crippen LogP) is 1.58. The third-order valence-corrected chi connectivity index (χ3v) is 4.26. The lowest BCUT2D eigenvalue weighted by atomic mass is 10.0. The number of carboxylic acid groups (broad SMARTS) is 1. The van der Waals surface area contributed by atoms with E-state index >= 15 is 0 Å². The standard InChI is InChI=1S/C15H19N3O3/c19-14-10-18(9-11-3-1-2-4-13(11)16-14)12-5-7-17(8-6-12)15(20)21/h1-4,12H,5-10H2,(H,16,19)(H,20,21). The molecule has 3 rings (SSSR count). The third kappa shape index (κ3) is 3.00. The summed E-state index contributed by atoms with van der Waals surface area (Å²) in [7, 11) is 0. The van der Waals surface area contributed by atoms with E-state index in [1.165, 1.54) is 4.90 Å². The maximum absolute atomic E-state index is 12.0. The van der Waals surface area contributed by atoms with Gasteiger partial charge in [0.2, 0.25) is 5.91 Å². The van der Waals surface area contributed by atoms with E-state index in [4.69, 9.17) is 5.11 Å². The highest BCUT2D eigenvalue weighted by molar-refractivity contribution is 5.93. The van der Waals surface area contributed by atoms with Crippen molar-refractivity contribution in [1.29, 1.82) is 0 Å². The molecule has 2 amide bonds. The van der Waals surface area contributed by atoms with Gasteiger partial charge in [-0.1, -0.05) is 18.2 Å². The number of carbonyl (C=O) groups is 2. The molecule has 0 unspecified atom stereocenters. The van der Waals surface area contributed by atoms with Crippen molar-refractivity contribution in [3.05, 3.63) is 29.8 Å². The van der Waals surface area contributed by atoms with Crippen molar-refractivity contribution in [3.63, 3.8) is 0 Å². The zero-order valence-electron chi connectivity index (χ0n) is 11.8. The van der Waals surface area contributed by atoms with Gasteiger partial charge in [-0.25, -0.2) is 4.79 Å². The first-order chi connectivity index (χ1) is 10.1. The Hall–Kier alpha value is -2.08. The van der Waals surface area contributed by atoms with Crippen molar-refractivity contribution < 1.29 is 14.7 Å². The highest BCUT2D eigenvalue weighted by atomic mass is 16.4. The Morgan fingerprint density at radius 1 is 1.19 bits per heavy atom. The number of likely N-dealkylation sites (tertiary alicyclic amines) is 1. The molecule has 0 saturated carbocycles. The van der Waals surface area contributed by atoms with Crippen LogP contribution in [0.4, 0.5) is 10.5 Å². The highest BCUT2D eigenvalue weighted by Gasteiger charge is 2.29. The molecule has 6 heteroatoms. The van der Waals surface area contributed by atoms with Gasteiger partial charge in [0.15, 0.2) is 0 Å². The Labute approximate surface area is 123 Å². The molecule has 0 aromatic heterocycles. The van der Waals surface area contributed by atoms with Crippen LogP contribution in [0.15, 0.2) is 24.3 Å². The van der Waals surface area contributed by atoms with E-state index in [1.807, 2.05) is 24.3 Å². The van der Waals surface area contributed by atoms with Crippen LogP contribution in [0.25, 0.3) is 0 Å². The summed E-state index contributed by atoms with van der Waals surface area (Å²) in [5, 5.41) is 11.9. The molecule has 1 aromatic carbocycles. The van der Waals surface area contributed by atoms with Crippen molar-refractivity contribution >= 4 is 17.7 Å². The van der Waals surface area contributed by atoms with E-state index in [1.54, 1.807) is 0 Å². The molecule has 2 aliphatic rings. The van der Waals surface area contributed by atoms with Crippen molar-refractivity contribution in [3.8, 4) is 0 Å². The van der Waals surface area contributed by atoms with Crippen molar-refractivity contribution in [2.24, 2.45) is 0 Å². The van der Waals surface area contributed by atoms with E-state index in [0.29, 0.717) is 19.6 Å². The molecule has 2 heterocycles. The molecule has 6 nitrogen and oxygen atoms in total. The number of benzene rings is 1. The van der Waals surface area contributed by atoms with Gasteiger partial charge in [-0.3, -0.25) is 9.69 Å². The summed E-state index contributed by atoms with van der Waals surface area (Å²) in [4.78, 5) is 26.6. The van der Waals surface area contributed by atoms with Crippen LogP contribution in [0.2, 0.25) is 0 Å². The molecular formula is C15H19N3O3. The number of piperidine rings is 1. The first kappa shape index (κ1) is 13.9. The van der Waals surface area contributed by atoms with Gasteiger partial charge >= 0.3 is 6.09 Å². The Morgan fingerprint density at radius 3 is 2.62 bits per heavy atom. The quantitative estimate of drug-likeness (QED) is 0.823. The molecule has 0 atom stereocenters. The predicted molar refractivity (Wildman–Crippen MR) is 78.1 cm³/mol. The lowest BCUT2D eigenvalue weighted by Crippen LogP contribution is -2.47. The summed E-state index contributed by atoms with van der Waals surface area (Å²) in [6.07, 6.45) is 0.705.